The van der Waals surface area contributed by atoms with E-state index in [1.165, 1.54) is 0 Å². The van der Waals surface area contributed by atoms with Crippen LogP contribution >= 0.6 is 23.2 Å². The van der Waals surface area contributed by atoms with E-state index in [0.717, 1.165) is 5.56 Å². The summed E-state index contributed by atoms with van der Waals surface area (Å²) in [6, 6.07) is 5.45. The van der Waals surface area contributed by atoms with Gasteiger partial charge in [-0.05, 0) is 44.5 Å². The smallest absolute Gasteiger partial charge is 0.254 e. The normalized spacial score (nSPS) is 10.7. The third-order valence-corrected chi connectivity index (χ3v) is 3.21. The molecule has 0 aliphatic heterocycles. The van der Waals surface area contributed by atoms with Gasteiger partial charge in [-0.1, -0.05) is 11.6 Å². The van der Waals surface area contributed by atoms with Gasteiger partial charge >= 0.3 is 0 Å². The first-order valence-electron chi connectivity index (χ1n) is 5.60. The predicted octanol–water partition coefficient (Wildman–Crippen LogP) is 3.74. The molecule has 0 fully saturated rings. The number of nitrogens with zero attached hydrogens (tertiary/aromatic N) is 1. The number of hydrogen-bond acceptors (Lipinski definition) is 1. The third kappa shape index (κ3) is 3.62. The Hall–Kier alpha value is -0.730. The molecule has 4 heteroatoms. The van der Waals surface area contributed by atoms with Crippen molar-refractivity contribution in [1.29, 1.82) is 0 Å². The molecule has 1 amide bonds. The maximum Gasteiger partial charge on any atom is 0.254 e. The number of amides is 1. The van der Waals surface area contributed by atoms with Crippen molar-refractivity contribution < 1.29 is 4.79 Å². The van der Waals surface area contributed by atoms with Crippen LogP contribution in [0.2, 0.25) is 5.02 Å². The van der Waals surface area contributed by atoms with E-state index in [4.69, 9.17) is 23.2 Å². The Bertz CT molecular complexity index is 404. The summed E-state index contributed by atoms with van der Waals surface area (Å²) in [6.45, 7) is 6.40. The molecular weight excluding hydrogens is 257 g/mol. The van der Waals surface area contributed by atoms with E-state index in [0.29, 0.717) is 23.0 Å². The summed E-state index contributed by atoms with van der Waals surface area (Å²) < 4.78 is 0. The number of carbonyl (C=O) groups is 1. The lowest BCUT2D eigenvalue weighted by Gasteiger charge is -2.26. The molecule has 0 saturated carbocycles. The Morgan fingerprint density at radius 2 is 2.06 bits per heavy atom. The van der Waals surface area contributed by atoms with Crippen molar-refractivity contribution in [3.8, 4) is 0 Å². The van der Waals surface area contributed by atoms with Crippen LogP contribution in [0.4, 0.5) is 0 Å². The van der Waals surface area contributed by atoms with Crippen molar-refractivity contribution in [3.05, 3.63) is 34.3 Å². The average molecular weight is 274 g/mol. The van der Waals surface area contributed by atoms with Gasteiger partial charge < -0.3 is 4.90 Å². The summed E-state index contributed by atoms with van der Waals surface area (Å²) in [6.07, 6.45) is 0. The largest absolute Gasteiger partial charge is 0.335 e. The van der Waals surface area contributed by atoms with Gasteiger partial charge in [-0.15, -0.1) is 11.6 Å². The van der Waals surface area contributed by atoms with Crippen LogP contribution in [0, 0.1) is 6.92 Å². The fourth-order valence-electron chi connectivity index (χ4n) is 1.63. The summed E-state index contributed by atoms with van der Waals surface area (Å²) in [7, 11) is 0. The van der Waals surface area contributed by atoms with Gasteiger partial charge in [0.1, 0.15) is 0 Å². The molecule has 0 spiro atoms. The van der Waals surface area contributed by atoms with E-state index >= 15 is 0 Å². The van der Waals surface area contributed by atoms with Gasteiger partial charge in [-0.2, -0.15) is 0 Å². The third-order valence-electron chi connectivity index (χ3n) is 2.61. The van der Waals surface area contributed by atoms with Gasteiger partial charge in [-0.3, -0.25) is 4.79 Å². The number of benzene rings is 1. The zero-order valence-corrected chi connectivity index (χ0v) is 11.8. The van der Waals surface area contributed by atoms with Crippen molar-refractivity contribution in [3.63, 3.8) is 0 Å². The SMILES string of the molecule is Cc1cc(C(=O)N(CCCl)C(C)C)ccc1Cl. The van der Waals surface area contributed by atoms with Crippen molar-refractivity contribution in [2.75, 3.05) is 12.4 Å². The van der Waals surface area contributed by atoms with Crippen LogP contribution < -0.4 is 0 Å². The summed E-state index contributed by atoms with van der Waals surface area (Å²) in [5.74, 6) is 0.441. The number of aryl methyl sites for hydroxylation is 1. The van der Waals surface area contributed by atoms with Crippen LogP contribution in [-0.4, -0.2) is 29.3 Å². The number of rotatable bonds is 4. The Labute approximate surface area is 113 Å². The summed E-state index contributed by atoms with van der Waals surface area (Å²) >= 11 is 11.7. The molecule has 0 atom stereocenters. The highest BCUT2D eigenvalue weighted by atomic mass is 35.5. The molecule has 2 nitrogen and oxygen atoms in total. The second-order valence-corrected chi connectivity index (χ2v) is 5.03. The molecule has 0 bridgehead atoms. The highest BCUT2D eigenvalue weighted by molar-refractivity contribution is 6.31. The van der Waals surface area contributed by atoms with E-state index in [1.807, 2.05) is 26.8 Å². The fourth-order valence-corrected chi connectivity index (χ4v) is 1.93. The molecular formula is C13H17Cl2NO. The predicted molar refractivity (Wildman–Crippen MR) is 73.1 cm³/mol. The van der Waals surface area contributed by atoms with Crippen LogP contribution in [0.1, 0.15) is 29.8 Å². The summed E-state index contributed by atoms with van der Waals surface area (Å²) in [5, 5.41) is 0.676. The molecule has 0 aliphatic carbocycles. The monoisotopic (exact) mass is 273 g/mol. The molecule has 0 aromatic heterocycles. The van der Waals surface area contributed by atoms with Crippen molar-refractivity contribution >= 4 is 29.1 Å². The first kappa shape index (κ1) is 14.3. The molecule has 0 saturated heterocycles. The molecule has 1 aromatic rings. The Morgan fingerprint density at radius 1 is 1.41 bits per heavy atom. The lowest BCUT2D eigenvalue weighted by atomic mass is 10.1. The van der Waals surface area contributed by atoms with Gasteiger partial charge in [0.15, 0.2) is 0 Å². The second-order valence-electron chi connectivity index (χ2n) is 4.25. The Morgan fingerprint density at radius 3 is 2.53 bits per heavy atom. The van der Waals surface area contributed by atoms with Gasteiger partial charge in [0.05, 0.1) is 0 Å². The zero-order chi connectivity index (χ0) is 13.0. The molecule has 1 aromatic carbocycles. The van der Waals surface area contributed by atoms with Gasteiger partial charge in [0.2, 0.25) is 0 Å². The van der Waals surface area contributed by atoms with Crippen molar-refractivity contribution in [2.24, 2.45) is 0 Å². The molecule has 0 radical (unpaired) electrons. The number of hydrogen-bond donors (Lipinski definition) is 0. The number of halogens is 2. The maximum atomic E-state index is 12.3. The first-order valence-corrected chi connectivity index (χ1v) is 6.51. The van der Waals surface area contributed by atoms with Gasteiger partial charge in [0, 0.05) is 29.1 Å². The average Bonchev–Trinajstić information content (AvgIpc) is 2.28. The fraction of sp³-hybridized carbons (Fsp3) is 0.462. The maximum absolute atomic E-state index is 12.3. The van der Waals surface area contributed by atoms with Crippen LogP contribution in [0.15, 0.2) is 18.2 Å². The van der Waals surface area contributed by atoms with Crippen LogP contribution in [0.25, 0.3) is 0 Å². The lowest BCUT2D eigenvalue weighted by molar-refractivity contribution is 0.0718. The molecule has 0 unspecified atom stereocenters. The molecule has 1 rings (SSSR count). The topological polar surface area (TPSA) is 20.3 Å². The van der Waals surface area contributed by atoms with Crippen LogP contribution in [0.3, 0.4) is 0 Å². The summed E-state index contributed by atoms with van der Waals surface area (Å²) in [4.78, 5) is 14.0. The van der Waals surface area contributed by atoms with E-state index < -0.39 is 0 Å². The zero-order valence-electron chi connectivity index (χ0n) is 10.3. The van der Waals surface area contributed by atoms with Crippen molar-refractivity contribution in [1.82, 2.24) is 4.90 Å². The minimum atomic E-state index is 0.000386. The van der Waals surface area contributed by atoms with E-state index in [-0.39, 0.29) is 11.9 Å². The highest BCUT2D eigenvalue weighted by Crippen LogP contribution is 2.18. The van der Waals surface area contributed by atoms with Crippen LogP contribution in [-0.2, 0) is 0 Å². The van der Waals surface area contributed by atoms with Crippen LogP contribution in [0.5, 0.6) is 0 Å². The van der Waals surface area contributed by atoms with E-state index in [1.54, 1.807) is 17.0 Å². The standard InChI is InChI=1S/C13H17Cl2NO/c1-9(2)16(7-6-14)13(17)11-4-5-12(15)10(3)8-11/h4-5,8-9H,6-7H2,1-3H3. The Kier molecular flexibility index (Phi) is 5.29. The van der Waals surface area contributed by atoms with E-state index in [9.17, 15) is 4.79 Å². The van der Waals surface area contributed by atoms with Crippen molar-refractivity contribution in [2.45, 2.75) is 26.8 Å². The molecule has 0 heterocycles. The highest BCUT2D eigenvalue weighted by Gasteiger charge is 2.18. The Balaban J connectivity index is 2.97. The quantitative estimate of drug-likeness (QED) is 0.766. The lowest BCUT2D eigenvalue weighted by Crippen LogP contribution is -2.38. The minimum absolute atomic E-state index is 0.000386. The number of alkyl halides is 1. The molecule has 0 N–H and O–H groups in total. The van der Waals surface area contributed by atoms with Gasteiger partial charge in [-0.25, -0.2) is 0 Å². The first-order chi connectivity index (χ1) is 7.97. The molecule has 94 valence electrons. The number of carbonyl (C=O) groups excluding carboxylic acids is 1. The second kappa shape index (κ2) is 6.27. The minimum Gasteiger partial charge on any atom is -0.335 e. The molecule has 0 aliphatic rings. The van der Waals surface area contributed by atoms with Gasteiger partial charge in [0.25, 0.3) is 5.91 Å². The molecule has 17 heavy (non-hydrogen) atoms. The summed E-state index contributed by atoms with van der Waals surface area (Å²) in [5.41, 5.74) is 1.57. The van der Waals surface area contributed by atoms with E-state index in [2.05, 4.69) is 0 Å².